The summed E-state index contributed by atoms with van der Waals surface area (Å²) in [5.41, 5.74) is 1.95. The first-order valence-electron chi connectivity index (χ1n) is 17.5. The van der Waals surface area contributed by atoms with Gasteiger partial charge in [-0.1, -0.05) is 98.2 Å². The van der Waals surface area contributed by atoms with Gasteiger partial charge in [-0.25, -0.2) is 4.79 Å². The lowest BCUT2D eigenvalue weighted by molar-refractivity contribution is -0.0443. The van der Waals surface area contributed by atoms with Crippen LogP contribution in [0.2, 0.25) is 10.1 Å². The molecule has 0 saturated carbocycles. The average molecular weight is 720 g/mol. The van der Waals surface area contributed by atoms with E-state index in [1.165, 1.54) is 10.4 Å². The summed E-state index contributed by atoms with van der Waals surface area (Å²) in [6, 6.07) is 22.9. The van der Waals surface area contributed by atoms with Gasteiger partial charge in [-0.15, -0.1) is 0 Å². The Morgan fingerprint density at radius 2 is 1.58 bits per heavy atom. The number of hydrogen-bond acceptors (Lipinski definition) is 9. The number of benzene rings is 3. The van der Waals surface area contributed by atoms with E-state index in [4.69, 9.17) is 39.5 Å². The molecule has 3 fully saturated rings. The number of fused-ring (bicyclic) bond motifs is 1. The number of hydrogen-bond donors (Lipinski definition) is 0. The molecule has 10 nitrogen and oxygen atoms in total. The van der Waals surface area contributed by atoms with Gasteiger partial charge in [-0.2, -0.15) is 0 Å². The van der Waals surface area contributed by atoms with Crippen molar-refractivity contribution >= 4 is 58.9 Å². The molecular formula is C38H46ClN3O7Si. The van der Waals surface area contributed by atoms with Crippen molar-refractivity contribution in [1.29, 1.82) is 0 Å². The van der Waals surface area contributed by atoms with Crippen molar-refractivity contribution < 1.29 is 32.7 Å². The second-order valence-corrected chi connectivity index (χ2v) is 19.2. The van der Waals surface area contributed by atoms with Crippen molar-refractivity contribution in [1.82, 2.24) is 5.16 Å². The van der Waals surface area contributed by atoms with Gasteiger partial charge in [0.15, 0.2) is 17.7 Å². The third-order valence-electron chi connectivity index (χ3n) is 9.91. The fourth-order valence-electron chi connectivity index (χ4n) is 7.85. The van der Waals surface area contributed by atoms with E-state index in [1.807, 2.05) is 32.0 Å². The lowest BCUT2D eigenvalue weighted by atomic mass is 10.0. The van der Waals surface area contributed by atoms with Crippen LogP contribution in [-0.4, -0.2) is 77.3 Å². The Morgan fingerprint density at radius 3 is 2.18 bits per heavy atom. The summed E-state index contributed by atoms with van der Waals surface area (Å²) in [5, 5.41) is 7.76. The smallest absolute Gasteiger partial charge is 0.416 e. The number of anilines is 2. The van der Waals surface area contributed by atoms with E-state index < -0.39 is 20.7 Å². The van der Waals surface area contributed by atoms with Gasteiger partial charge in [0.05, 0.1) is 42.5 Å². The van der Waals surface area contributed by atoms with Gasteiger partial charge in [0, 0.05) is 25.3 Å². The van der Waals surface area contributed by atoms with Gasteiger partial charge in [-0.05, 0) is 48.2 Å². The number of rotatable bonds is 10. The maximum absolute atomic E-state index is 13.3. The Labute approximate surface area is 299 Å². The third kappa shape index (κ3) is 6.44. The number of cyclic esters (lactones) is 1. The summed E-state index contributed by atoms with van der Waals surface area (Å²) in [5.74, 6) is 0.372. The van der Waals surface area contributed by atoms with E-state index in [-0.39, 0.29) is 29.9 Å². The number of amides is 1. The van der Waals surface area contributed by atoms with Gasteiger partial charge >= 0.3 is 6.09 Å². The fourth-order valence-corrected chi connectivity index (χ4v) is 12.8. The lowest BCUT2D eigenvalue weighted by Gasteiger charge is -2.43. The lowest BCUT2D eigenvalue weighted by Crippen LogP contribution is -2.66. The predicted molar refractivity (Wildman–Crippen MR) is 196 cm³/mol. The number of carbonyl (C=O) groups is 1. The van der Waals surface area contributed by atoms with Gasteiger partial charge in [0.25, 0.3) is 8.32 Å². The molecule has 1 aromatic heterocycles. The van der Waals surface area contributed by atoms with Gasteiger partial charge in [-0.3, -0.25) is 4.90 Å². The number of carbonyl (C=O) groups excluding carboxylic acids is 1. The summed E-state index contributed by atoms with van der Waals surface area (Å²) in [7, 11) is -2.69. The van der Waals surface area contributed by atoms with E-state index in [9.17, 15) is 4.79 Å². The zero-order valence-electron chi connectivity index (χ0n) is 29.4. The second-order valence-electron chi connectivity index (χ2n) is 14.5. The third-order valence-corrected chi connectivity index (χ3v) is 15.3. The molecule has 0 unspecified atom stereocenters. The summed E-state index contributed by atoms with van der Waals surface area (Å²) in [6.45, 7) is 13.9. The molecule has 7 rings (SSSR count). The highest BCUT2D eigenvalue weighted by Gasteiger charge is 2.50. The van der Waals surface area contributed by atoms with Crippen LogP contribution in [0.1, 0.15) is 59.3 Å². The molecule has 3 aliphatic rings. The number of morpholine rings is 1. The largest absolute Gasteiger partial charge is 0.447 e. The molecule has 4 heterocycles. The number of aromatic nitrogens is 1. The highest BCUT2D eigenvalue weighted by Crippen LogP contribution is 2.46. The number of nitrogens with zero attached hydrogens (tertiary/aromatic N) is 3. The van der Waals surface area contributed by atoms with E-state index >= 15 is 0 Å². The fraction of sp³-hybridized carbons (Fsp3) is 0.474. The first-order chi connectivity index (χ1) is 24.1. The maximum Gasteiger partial charge on any atom is 0.416 e. The van der Waals surface area contributed by atoms with E-state index in [0.717, 1.165) is 11.3 Å². The maximum atomic E-state index is 13.3. The normalized spacial score (nSPS) is 22.1. The predicted octanol–water partition coefficient (Wildman–Crippen LogP) is 6.82. The molecule has 3 atom stereocenters. The van der Waals surface area contributed by atoms with Crippen molar-refractivity contribution in [2.24, 2.45) is 0 Å². The van der Waals surface area contributed by atoms with Crippen molar-refractivity contribution in [2.75, 3.05) is 49.3 Å². The SMILES string of the molecule is C[C@@H]1CN(c2c(C3OCCO3)cc3c(N4C(=O)OC[C@@H]4CCCO[Si](c4ccccc4)(c4ccccc4)C(C)(C)C)noc3c2Cl)C[C@@H](C)O1. The molecular weight excluding hydrogens is 674 g/mol. The van der Waals surface area contributed by atoms with Crippen LogP contribution in [0, 0.1) is 0 Å². The molecule has 12 heteroatoms. The minimum atomic E-state index is -2.69. The van der Waals surface area contributed by atoms with Crippen LogP contribution in [0.15, 0.2) is 71.3 Å². The highest BCUT2D eigenvalue weighted by atomic mass is 35.5. The number of halogens is 1. The van der Waals surface area contributed by atoms with Gasteiger partial charge in [0.2, 0.25) is 0 Å². The van der Waals surface area contributed by atoms with Crippen molar-refractivity contribution in [3.63, 3.8) is 0 Å². The monoisotopic (exact) mass is 719 g/mol. The van der Waals surface area contributed by atoms with Crippen molar-refractivity contribution in [2.45, 2.75) is 77.0 Å². The number of ether oxygens (including phenoxy) is 4. The van der Waals surface area contributed by atoms with E-state index in [0.29, 0.717) is 67.6 Å². The molecule has 3 saturated heterocycles. The molecule has 4 aromatic rings. The first kappa shape index (κ1) is 35.0. The van der Waals surface area contributed by atoms with Crippen LogP contribution < -0.4 is 20.2 Å². The van der Waals surface area contributed by atoms with Crippen LogP contribution in [-0.2, 0) is 23.4 Å². The molecule has 0 aliphatic carbocycles. The molecule has 50 heavy (non-hydrogen) atoms. The minimum Gasteiger partial charge on any atom is -0.447 e. The molecule has 266 valence electrons. The van der Waals surface area contributed by atoms with Crippen molar-refractivity contribution in [3.8, 4) is 0 Å². The Morgan fingerprint density at radius 1 is 0.960 bits per heavy atom. The summed E-state index contributed by atoms with van der Waals surface area (Å²) < 4.78 is 36.6. The Bertz CT molecular complexity index is 1750. The minimum absolute atomic E-state index is 0.00906. The Hall–Kier alpha value is -3.45. The standard InChI is InChI=1S/C38H46ClN3O7Si/c1-25-22-41(23-26(2)48-25)33-30(36-44-19-20-45-36)21-31-34(32(33)39)49-40-35(31)42-27(24-46-37(42)43)13-12-18-47-50(38(3,4)5,28-14-8-6-9-15-28)29-16-10-7-11-17-29/h6-11,14-17,21,25-27,36H,12-13,18-20,22-24H2,1-5H3/t25-,26-,27+/m1/s1. The van der Waals surface area contributed by atoms with Crippen LogP contribution in [0.3, 0.4) is 0 Å². The van der Waals surface area contributed by atoms with Crippen LogP contribution >= 0.6 is 11.6 Å². The summed E-state index contributed by atoms with van der Waals surface area (Å²) in [4.78, 5) is 17.1. The van der Waals surface area contributed by atoms with Crippen LogP contribution in [0.25, 0.3) is 11.0 Å². The van der Waals surface area contributed by atoms with Gasteiger partial charge in [0.1, 0.15) is 11.6 Å². The Kier molecular flexibility index (Phi) is 9.99. The van der Waals surface area contributed by atoms with Crippen LogP contribution in [0.5, 0.6) is 0 Å². The van der Waals surface area contributed by atoms with Crippen LogP contribution in [0.4, 0.5) is 16.3 Å². The molecule has 0 radical (unpaired) electrons. The summed E-state index contributed by atoms with van der Waals surface area (Å²) >= 11 is 7.15. The van der Waals surface area contributed by atoms with E-state index in [2.05, 4.69) is 79.4 Å². The highest BCUT2D eigenvalue weighted by molar-refractivity contribution is 6.99. The molecule has 1 amide bonds. The first-order valence-corrected chi connectivity index (χ1v) is 19.8. The molecule has 3 aliphatic heterocycles. The average Bonchev–Trinajstić information content (AvgIpc) is 3.85. The Balaban J connectivity index is 1.16. The zero-order valence-corrected chi connectivity index (χ0v) is 31.2. The molecule has 3 aromatic carbocycles. The van der Waals surface area contributed by atoms with Crippen molar-refractivity contribution in [3.05, 3.63) is 77.3 Å². The quantitative estimate of drug-likeness (QED) is 0.129. The van der Waals surface area contributed by atoms with E-state index in [1.54, 1.807) is 4.90 Å². The summed E-state index contributed by atoms with van der Waals surface area (Å²) in [6.07, 6.45) is 0.303. The second kappa shape index (κ2) is 14.3. The van der Waals surface area contributed by atoms with Gasteiger partial charge < -0.3 is 32.8 Å². The molecule has 0 spiro atoms. The topological polar surface area (TPSA) is 95.7 Å². The zero-order chi connectivity index (χ0) is 35.0. The molecule has 0 bridgehead atoms. The molecule has 0 N–H and O–H groups in total.